The monoisotopic (exact) mass is 454 g/mol. The molecule has 2 aliphatic heterocycles. The predicted octanol–water partition coefficient (Wildman–Crippen LogP) is 4.84. The first-order valence-electron chi connectivity index (χ1n) is 10.8. The molecule has 0 radical (unpaired) electrons. The molecule has 9 heteroatoms. The highest BCUT2D eigenvalue weighted by Gasteiger charge is 2.41. The normalized spacial score (nSPS) is 20.4. The molecule has 2 aliphatic rings. The second-order valence-corrected chi connectivity index (χ2v) is 8.67. The SMILES string of the molecule is C=C(/C=C(\C(=C/C)c1cc(N2CC(C)(F)C2)nc(N2CCC(O)CC2)n1)C(F)(F)F)CC. The summed E-state index contributed by atoms with van der Waals surface area (Å²) in [7, 11) is 0. The minimum Gasteiger partial charge on any atom is -0.393 e. The van der Waals surface area contributed by atoms with Crippen molar-refractivity contribution in [2.24, 2.45) is 0 Å². The van der Waals surface area contributed by atoms with Crippen LogP contribution in [-0.4, -0.2) is 59.2 Å². The Labute approximate surface area is 186 Å². The minimum atomic E-state index is -4.60. The van der Waals surface area contributed by atoms with E-state index in [9.17, 15) is 22.7 Å². The van der Waals surface area contributed by atoms with E-state index < -0.39 is 23.5 Å². The van der Waals surface area contributed by atoms with Crippen molar-refractivity contribution in [3.8, 4) is 0 Å². The van der Waals surface area contributed by atoms with Gasteiger partial charge in [-0.05, 0) is 39.2 Å². The lowest BCUT2D eigenvalue weighted by Crippen LogP contribution is -2.57. The van der Waals surface area contributed by atoms with Gasteiger partial charge in [-0.25, -0.2) is 9.37 Å². The van der Waals surface area contributed by atoms with Crippen molar-refractivity contribution in [3.63, 3.8) is 0 Å². The van der Waals surface area contributed by atoms with Crippen LogP contribution in [-0.2, 0) is 0 Å². The fraction of sp³-hybridized carbons (Fsp3) is 0.565. The number of aliphatic hydroxyl groups excluding tert-OH is 1. The lowest BCUT2D eigenvalue weighted by Gasteiger charge is -2.43. The Balaban J connectivity index is 2.07. The Morgan fingerprint density at radius 2 is 1.88 bits per heavy atom. The van der Waals surface area contributed by atoms with Crippen LogP contribution in [0.5, 0.6) is 0 Å². The van der Waals surface area contributed by atoms with Crippen molar-refractivity contribution in [3.05, 3.63) is 41.6 Å². The average Bonchev–Trinajstić information content (AvgIpc) is 2.71. The number of halogens is 4. The number of piperidine rings is 1. The number of hydrogen-bond donors (Lipinski definition) is 1. The molecule has 0 unspecified atom stereocenters. The number of nitrogens with zero attached hydrogens (tertiary/aromatic N) is 4. The highest BCUT2D eigenvalue weighted by molar-refractivity contribution is 5.80. The summed E-state index contributed by atoms with van der Waals surface area (Å²) in [6, 6.07) is 1.49. The third kappa shape index (κ3) is 5.49. The molecule has 3 rings (SSSR count). The van der Waals surface area contributed by atoms with Crippen molar-refractivity contribution in [2.75, 3.05) is 36.0 Å². The first kappa shape index (κ1) is 24.2. The molecule has 0 bridgehead atoms. The van der Waals surface area contributed by atoms with E-state index in [-0.39, 0.29) is 30.3 Å². The third-order valence-corrected chi connectivity index (χ3v) is 5.78. The summed E-state index contributed by atoms with van der Waals surface area (Å²) in [6.07, 6.45) is -1.15. The van der Waals surface area contributed by atoms with Crippen molar-refractivity contribution in [2.45, 2.75) is 58.0 Å². The number of hydrogen-bond acceptors (Lipinski definition) is 5. The lowest BCUT2D eigenvalue weighted by molar-refractivity contribution is -0.0871. The topological polar surface area (TPSA) is 52.5 Å². The quantitative estimate of drug-likeness (QED) is 0.492. The van der Waals surface area contributed by atoms with Crippen molar-refractivity contribution in [1.82, 2.24) is 9.97 Å². The largest absolute Gasteiger partial charge is 0.417 e. The number of aromatic nitrogens is 2. The van der Waals surface area contributed by atoms with Crippen molar-refractivity contribution in [1.29, 1.82) is 0 Å². The molecule has 0 aromatic carbocycles. The summed E-state index contributed by atoms with van der Waals surface area (Å²) in [4.78, 5) is 12.6. The third-order valence-electron chi connectivity index (χ3n) is 5.78. The second kappa shape index (κ2) is 9.21. The van der Waals surface area contributed by atoms with Gasteiger partial charge in [0.25, 0.3) is 0 Å². The van der Waals surface area contributed by atoms with Gasteiger partial charge in [-0.1, -0.05) is 25.2 Å². The zero-order chi connectivity index (χ0) is 23.7. The fourth-order valence-electron chi connectivity index (χ4n) is 3.90. The van der Waals surface area contributed by atoms with Gasteiger partial charge in [-0.2, -0.15) is 18.2 Å². The van der Waals surface area contributed by atoms with E-state index in [0.29, 0.717) is 43.7 Å². The maximum absolute atomic E-state index is 14.1. The van der Waals surface area contributed by atoms with Crippen LogP contribution < -0.4 is 9.80 Å². The standard InChI is InChI=1S/C23H30F4N4O/c1-5-15(3)11-18(23(25,26)27)17(6-2)19-12-20(31-13-22(4,24)14-31)29-21(28-19)30-9-7-16(32)8-10-30/h6,11-12,16,32H,3,5,7-10,13-14H2,1-2,4H3/b17-6+,18-11+. The summed E-state index contributed by atoms with van der Waals surface area (Å²) in [5, 5.41) is 9.80. The van der Waals surface area contributed by atoms with E-state index in [1.807, 2.05) is 4.90 Å². The van der Waals surface area contributed by atoms with Gasteiger partial charge in [0, 0.05) is 24.7 Å². The molecule has 2 saturated heterocycles. The van der Waals surface area contributed by atoms with Gasteiger partial charge in [0.05, 0.1) is 30.5 Å². The van der Waals surface area contributed by atoms with E-state index >= 15 is 0 Å². The van der Waals surface area contributed by atoms with Crippen LogP contribution in [0.3, 0.4) is 0 Å². The number of allylic oxidation sites excluding steroid dienone is 5. The van der Waals surface area contributed by atoms with Gasteiger partial charge in [-0.15, -0.1) is 0 Å². The number of anilines is 2. The molecule has 0 atom stereocenters. The highest BCUT2D eigenvalue weighted by Crippen LogP contribution is 2.39. The minimum absolute atomic E-state index is 0.0717. The number of rotatable bonds is 6. The summed E-state index contributed by atoms with van der Waals surface area (Å²) >= 11 is 0. The van der Waals surface area contributed by atoms with Crippen LogP contribution >= 0.6 is 0 Å². The van der Waals surface area contributed by atoms with Crippen LogP contribution in [0.25, 0.3) is 5.57 Å². The van der Waals surface area contributed by atoms with Crippen molar-refractivity contribution < 1.29 is 22.7 Å². The first-order valence-corrected chi connectivity index (χ1v) is 10.8. The maximum atomic E-state index is 14.1. The van der Waals surface area contributed by atoms with Crippen LogP contribution in [0.1, 0.15) is 45.7 Å². The molecule has 0 amide bonds. The summed E-state index contributed by atoms with van der Waals surface area (Å²) in [5.74, 6) is 0.675. The molecule has 1 N–H and O–H groups in total. The molecule has 5 nitrogen and oxygen atoms in total. The molecular formula is C23H30F4N4O. The van der Waals surface area contributed by atoms with E-state index in [1.165, 1.54) is 26.0 Å². The molecular weight excluding hydrogens is 424 g/mol. The zero-order valence-electron chi connectivity index (χ0n) is 18.7. The van der Waals surface area contributed by atoms with Crippen LogP contribution in [0, 0.1) is 0 Å². The van der Waals surface area contributed by atoms with Gasteiger partial charge < -0.3 is 14.9 Å². The second-order valence-electron chi connectivity index (χ2n) is 8.67. The molecule has 0 saturated carbocycles. The Bertz CT molecular complexity index is 907. The summed E-state index contributed by atoms with van der Waals surface area (Å²) < 4.78 is 56.1. The van der Waals surface area contributed by atoms with E-state index in [4.69, 9.17) is 0 Å². The molecule has 0 spiro atoms. The maximum Gasteiger partial charge on any atom is 0.417 e. The van der Waals surface area contributed by atoms with Gasteiger partial charge >= 0.3 is 6.18 Å². The molecule has 3 heterocycles. The highest BCUT2D eigenvalue weighted by atomic mass is 19.4. The summed E-state index contributed by atoms with van der Waals surface area (Å²) in [6.45, 7) is 9.66. The van der Waals surface area contributed by atoms with E-state index in [2.05, 4.69) is 16.5 Å². The van der Waals surface area contributed by atoms with Gasteiger partial charge in [-0.3, -0.25) is 0 Å². The van der Waals surface area contributed by atoms with Crippen LogP contribution in [0.15, 0.2) is 35.9 Å². The molecule has 1 aromatic rings. The zero-order valence-corrected chi connectivity index (χ0v) is 18.7. The van der Waals surface area contributed by atoms with Crippen LogP contribution in [0.2, 0.25) is 0 Å². The Morgan fingerprint density at radius 3 is 2.38 bits per heavy atom. The van der Waals surface area contributed by atoms with E-state index in [0.717, 1.165) is 6.08 Å². The molecule has 0 aliphatic carbocycles. The molecule has 1 aromatic heterocycles. The fourth-order valence-corrected chi connectivity index (χ4v) is 3.90. The summed E-state index contributed by atoms with van der Waals surface area (Å²) in [5.41, 5.74) is -1.78. The molecule has 32 heavy (non-hydrogen) atoms. The Morgan fingerprint density at radius 1 is 1.25 bits per heavy atom. The Kier molecular flexibility index (Phi) is 6.97. The van der Waals surface area contributed by atoms with Crippen LogP contribution in [0.4, 0.5) is 29.3 Å². The smallest absolute Gasteiger partial charge is 0.393 e. The number of alkyl halides is 4. The molecule has 2 fully saturated rings. The molecule has 176 valence electrons. The van der Waals surface area contributed by atoms with Gasteiger partial charge in [0.2, 0.25) is 5.95 Å². The average molecular weight is 455 g/mol. The van der Waals surface area contributed by atoms with Crippen molar-refractivity contribution >= 4 is 17.3 Å². The van der Waals surface area contributed by atoms with Gasteiger partial charge in [0.1, 0.15) is 11.5 Å². The Hall–Kier alpha value is -2.42. The van der Waals surface area contributed by atoms with Gasteiger partial charge in [0.15, 0.2) is 0 Å². The first-order chi connectivity index (χ1) is 14.9. The predicted molar refractivity (Wildman–Crippen MR) is 118 cm³/mol. The lowest BCUT2D eigenvalue weighted by atomic mass is 9.97. The van der Waals surface area contributed by atoms with E-state index in [1.54, 1.807) is 11.8 Å². The number of aliphatic hydroxyl groups is 1.